The molecule has 256 valence electrons. The lowest BCUT2D eigenvalue weighted by Gasteiger charge is -2.43. The summed E-state index contributed by atoms with van der Waals surface area (Å²) in [6, 6.07) is 18.8. The number of aromatic nitrogens is 1. The number of thiazole rings is 1. The van der Waals surface area contributed by atoms with Crippen molar-refractivity contribution in [3.8, 4) is 5.75 Å². The molecule has 10 nitrogen and oxygen atoms in total. The van der Waals surface area contributed by atoms with E-state index in [1.54, 1.807) is 67.2 Å². The van der Waals surface area contributed by atoms with Gasteiger partial charge in [-0.15, -0.1) is 11.8 Å². The molecule has 4 unspecified atom stereocenters. The third-order valence-electron chi connectivity index (χ3n) is 10.2. The number of amides is 3. The number of nitrogens with one attached hydrogen (secondary N) is 2. The van der Waals surface area contributed by atoms with Crippen LogP contribution < -0.4 is 19.8 Å². The molecular weight excluding hydrogens is 766 g/mol. The molecule has 50 heavy (non-hydrogen) atoms. The van der Waals surface area contributed by atoms with Gasteiger partial charge in [0.15, 0.2) is 6.61 Å². The molecule has 0 spiro atoms. The first-order valence-electron chi connectivity index (χ1n) is 16.1. The second-order valence-corrected chi connectivity index (χ2v) is 16.3. The van der Waals surface area contributed by atoms with Gasteiger partial charge < -0.3 is 19.8 Å². The van der Waals surface area contributed by atoms with Crippen molar-refractivity contribution >= 4 is 85.7 Å². The summed E-state index contributed by atoms with van der Waals surface area (Å²) in [7, 11) is 0. The Labute approximate surface area is 308 Å². The predicted octanol–water partition coefficient (Wildman–Crippen LogP) is 6.72. The number of hydrogen-bond donors (Lipinski definition) is 2. The molecule has 2 aliphatic heterocycles. The highest BCUT2D eigenvalue weighted by molar-refractivity contribution is 9.10. The van der Waals surface area contributed by atoms with E-state index in [4.69, 9.17) is 21.1 Å². The van der Waals surface area contributed by atoms with Crippen LogP contribution in [0.1, 0.15) is 40.1 Å². The lowest BCUT2D eigenvalue weighted by Crippen LogP contribution is -2.42. The SMILES string of the molecule is CCOC(=O)c1ccc(N2C(=O)C3C(C2=O)[C@@H]2C[C@H]3C3Sc4[nH]c(=O)sc4[C@H](c4cc(Br)ccc4OCC(=O)Nc4ccc(Cl)cc4)C32)cc1. The van der Waals surface area contributed by atoms with Crippen LogP contribution in [0.4, 0.5) is 11.4 Å². The third kappa shape index (κ3) is 5.58. The van der Waals surface area contributed by atoms with Crippen LogP contribution in [0.25, 0.3) is 0 Å². The van der Waals surface area contributed by atoms with E-state index in [2.05, 4.69) is 26.2 Å². The fourth-order valence-corrected chi connectivity index (χ4v) is 11.7. The molecule has 1 saturated heterocycles. The van der Waals surface area contributed by atoms with E-state index in [1.807, 2.05) is 18.2 Å². The molecule has 1 aromatic heterocycles. The third-order valence-corrected chi connectivity index (χ3v) is 13.5. The highest BCUT2D eigenvalue weighted by Crippen LogP contribution is 2.69. The maximum absolute atomic E-state index is 14.2. The Bertz CT molecular complexity index is 2100. The van der Waals surface area contributed by atoms with Crippen LogP contribution in [-0.4, -0.2) is 47.1 Å². The summed E-state index contributed by atoms with van der Waals surface area (Å²) in [5.74, 6) is -2.38. The average molecular weight is 795 g/mol. The summed E-state index contributed by atoms with van der Waals surface area (Å²) in [5, 5.41) is 4.11. The number of aromatic amines is 1. The summed E-state index contributed by atoms with van der Waals surface area (Å²) >= 11 is 12.3. The number of fused-ring (bicyclic) bond motifs is 9. The number of carbonyl (C=O) groups is 4. The quantitative estimate of drug-likeness (QED) is 0.148. The fraction of sp³-hybridized carbons (Fsp3) is 0.306. The first kappa shape index (κ1) is 33.2. The normalized spacial score (nSPS) is 26.0. The number of benzene rings is 3. The van der Waals surface area contributed by atoms with Crippen LogP contribution in [0.3, 0.4) is 0 Å². The molecule has 3 amide bonds. The van der Waals surface area contributed by atoms with E-state index in [9.17, 15) is 24.0 Å². The lowest BCUT2D eigenvalue weighted by molar-refractivity contribution is -0.123. The molecule has 4 aromatic rings. The van der Waals surface area contributed by atoms with Crippen molar-refractivity contribution in [3.05, 3.63) is 102 Å². The maximum atomic E-state index is 14.2. The van der Waals surface area contributed by atoms with Crippen LogP contribution in [0.2, 0.25) is 5.02 Å². The Morgan fingerprint density at radius 1 is 1.00 bits per heavy atom. The van der Waals surface area contributed by atoms with Crippen molar-refractivity contribution in [2.75, 3.05) is 23.4 Å². The van der Waals surface area contributed by atoms with E-state index in [0.717, 1.165) is 31.3 Å². The van der Waals surface area contributed by atoms with Crippen molar-refractivity contribution in [1.29, 1.82) is 0 Å². The van der Waals surface area contributed by atoms with Crippen molar-refractivity contribution in [2.24, 2.45) is 29.6 Å². The van der Waals surface area contributed by atoms with E-state index in [0.29, 0.717) is 34.1 Å². The zero-order chi connectivity index (χ0) is 34.8. The number of carbonyl (C=O) groups excluding carboxylic acids is 4. The van der Waals surface area contributed by atoms with E-state index < -0.39 is 17.8 Å². The van der Waals surface area contributed by atoms with Gasteiger partial charge in [0.2, 0.25) is 11.8 Å². The molecule has 3 aromatic carbocycles. The lowest BCUT2D eigenvalue weighted by atomic mass is 9.68. The number of thioether (sulfide) groups is 1. The Hall–Kier alpha value is -3.91. The van der Waals surface area contributed by atoms with Crippen molar-refractivity contribution in [1.82, 2.24) is 4.98 Å². The molecule has 2 N–H and O–H groups in total. The van der Waals surface area contributed by atoms with Gasteiger partial charge in [-0.3, -0.25) is 24.1 Å². The number of hydrogen-bond acceptors (Lipinski definition) is 9. The first-order valence-corrected chi connectivity index (χ1v) is 19.0. The molecular formula is C36H29BrClN3O7S2. The van der Waals surface area contributed by atoms with E-state index >= 15 is 0 Å². The minimum Gasteiger partial charge on any atom is -0.483 e. The second kappa shape index (κ2) is 13.0. The Morgan fingerprint density at radius 2 is 1.72 bits per heavy atom. The zero-order valence-electron chi connectivity index (χ0n) is 26.4. The molecule has 3 heterocycles. The number of H-pyrrole nitrogens is 1. The minimum atomic E-state index is -0.513. The van der Waals surface area contributed by atoms with Gasteiger partial charge in [-0.2, -0.15) is 0 Å². The Morgan fingerprint density at radius 3 is 2.44 bits per heavy atom. The smallest absolute Gasteiger partial charge is 0.338 e. The number of imide groups is 1. The largest absolute Gasteiger partial charge is 0.483 e. The van der Waals surface area contributed by atoms with Gasteiger partial charge in [-0.1, -0.05) is 38.9 Å². The van der Waals surface area contributed by atoms with Crippen LogP contribution in [0.5, 0.6) is 5.75 Å². The Kier molecular flexibility index (Phi) is 8.65. The summed E-state index contributed by atoms with van der Waals surface area (Å²) in [5.41, 5.74) is 2.16. The molecule has 2 saturated carbocycles. The number of ether oxygens (including phenoxy) is 2. The van der Waals surface area contributed by atoms with Crippen LogP contribution >= 0.6 is 50.6 Å². The average Bonchev–Trinajstić information content (AvgIpc) is 3.84. The monoisotopic (exact) mass is 793 g/mol. The van der Waals surface area contributed by atoms with Crippen molar-refractivity contribution in [2.45, 2.75) is 29.5 Å². The van der Waals surface area contributed by atoms with Crippen molar-refractivity contribution in [3.63, 3.8) is 0 Å². The molecule has 4 aliphatic rings. The van der Waals surface area contributed by atoms with Crippen LogP contribution in [-0.2, 0) is 19.1 Å². The van der Waals surface area contributed by atoms with Gasteiger partial charge >= 0.3 is 10.8 Å². The summed E-state index contributed by atoms with van der Waals surface area (Å²) in [6.07, 6.45) is 0.716. The summed E-state index contributed by atoms with van der Waals surface area (Å²) in [6.45, 7) is 1.72. The highest BCUT2D eigenvalue weighted by atomic mass is 79.9. The number of anilines is 2. The van der Waals surface area contributed by atoms with E-state index in [-0.39, 0.29) is 64.7 Å². The molecule has 2 bridgehead atoms. The second-order valence-electron chi connectivity index (χ2n) is 12.8. The number of esters is 1. The van der Waals surface area contributed by atoms with Gasteiger partial charge in [0.1, 0.15) is 5.75 Å². The number of rotatable bonds is 8. The minimum absolute atomic E-state index is 0.0353. The van der Waals surface area contributed by atoms with Crippen LogP contribution in [0, 0.1) is 29.6 Å². The molecule has 8 rings (SSSR count). The maximum Gasteiger partial charge on any atom is 0.338 e. The molecule has 2 aliphatic carbocycles. The van der Waals surface area contributed by atoms with Gasteiger partial charge in [-0.25, -0.2) is 4.79 Å². The fourth-order valence-electron chi connectivity index (χ4n) is 8.35. The first-order chi connectivity index (χ1) is 24.1. The van der Waals surface area contributed by atoms with Gasteiger partial charge in [0.05, 0.1) is 34.7 Å². The predicted molar refractivity (Wildman–Crippen MR) is 193 cm³/mol. The number of halogens is 2. The van der Waals surface area contributed by atoms with Crippen LogP contribution in [0.15, 0.2) is 81.0 Å². The Balaban J connectivity index is 1.11. The zero-order valence-corrected chi connectivity index (χ0v) is 30.4. The summed E-state index contributed by atoms with van der Waals surface area (Å²) in [4.78, 5) is 71.2. The molecule has 14 heteroatoms. The molecule has 7 atom stereocenters. The van der Waals surface area contributed by atoms with E-state index in [1.165, 1.54) is 4.90 Å². The van der Waals surface area contributed by atoms with Crippen molar-refractivity contribution < 1.29 is 28.7 Å². The molecule has 3 fully saturated rings. The van der Waals surface area contributed by atoms with Gasteiger partial charge in [-0.05, 0) is 97.8 Å². The van der Waals surface area contributed by atoms with Gasteiger partial charge in [0.25, 0.3) is 5.91 Å². The standard InChI is InChI=1S/C36H29BrClN3O7S2/c1-2-47-35(45)16-3-10-20(11-4-16)41-33(43)28-22-14-23(29(28)34(41)44)30-27(22)26(31-32(49-30)40-36(46)50-31)21-13-17(37)5-12-24(21)48-15-25(42)39-19-8-6-18(38)7-9-19/h3-13,22-23,26-30H,2,14-15H2,1H3,(H,39,42)(H,40,46)/t22-,23-,26-,27?,28?,29?,30?/m1/s1. The summed E-state index contributed by atoms with van der Waals surface area (Å²) < 4.78 is 12.1. The number of nitrogens with zero attached hydrogens (tertiary/aromatic N) is 1. The highest BCUT2D eigenvalue weighted by Gasteiger charge is 2.70. The topological polar surface area (TPSA) is 135 Å². The van der Waals surface area contributed by atoms with Gasteiger partial charge in [0, 0.05) is 36.8 Å². The molecule has 0 radical (unpaired) electrons.